The summed E-state index contributed by atoms with van der Waals surface area (Å²) in [4.78, 5) is 2.55. The zero-order chi connectivity index (χ0) is 17.7. The van der Waals surface area contributed by atoms with Crippen molar-refractivity contribution in [3.8, 4) is 0 Å². The highest BCUT2D eigenvalue weighted by Crippen LogP contribution is 2.17. The number of hydrogen-bond acceptors (Lipinski definition) is 6. The predicted molar refractivity (Wildman–Crippen MR) is 93.7 cm³/mol. The van der Waals surface area contributed by atoms with Gasteiger partial charge in [-0.05, 0) is 30.8 Å². The van der Waals surface area contributed by atoms with Crippen LogP contribution in [0.3, 0.4) is 0 Å². The number of hydrogen-bond donors (Lipinski definition) is 2. The van der Waals surface area contributed by atoms with Gasteiger partial charge in [0.15, 0.2) is 9.84 Å². The number of nitrogens with one attached hydrogen (secondary N) is 1. The molecule has 1 aliphatic rings. The van der Waals surface area contributed by atoms with E-state index in [1.165, 1.54) is 6.26 Å². The largest absolute Gasteiger partial charge is 0.389 e. The molecule has 6 nitrogen and oxygen atoms in total. The lowest BCUT2D eigenvalue weighted by atomic mass is 10.1. The summed E-state index contributed by atoms with van der Waals surface area (Å²) in [5.41, 5.74) is 0.974. The molecule has 0 saturated carbocycles. The predicted octanol–water partition coefficient (Wildman–Crippen LogP) is 0.650. The Morgan fingerprint density at radius 1 is 1.25 bits per heavy atom. The van der Waals surface area contributed by atoms with Gasteiger partial charge in [-0.2, -0.15) is 0 Å². The van der Waals surface area contributed by atoms with Crippen LogP contribution in [-0.2, 0) is 21.1 Å². The lowest BCUT2D eigenvalue weighted by Crippen LogP contribution is -2.44. The minimum atomic E-state index is -3.17. The summed E-state index contributed by atoms with van der Waals surface area (Å²) in [5.74, 6) is 0. The smallest absolute Gasteiger partial charge is 0.175 e. The van der Waals surface area contributed by atoms with Crippen molar-refractivity contribution in [2.24, 2.45) is 0 Å². The number of aliphatic hydroxyl groups excluding tert-OH is 1. The fraction of sp³-hybridized carbons (Fsp3) is 0.647. The SMILES string of the molecule is CCN(CC)C[C@@H]1OC[C@@H](NCc2ccc(S(C)(=O)=O)cc2)[C@H]1O. The molecule has 2 N–H and O–H groups in total. The lowest BCUT2D eigenvalue weighted by Gasteiger charge is -2.24. The molecule has 0 aliphatic carbocycles. The average molecular weight is 356 g/mol. The average Bonchev–Trinajstić information content (AvgIpc) is 2.90. The van der Waals surface area contributed by atoms with Gasteiger partial charge in [-0.1, -0.05) is 26.0 Å². The first kappa shape index (κ1) is 19.3. The molecule has 1 heterocycles. The summed E-state index contributed by atoms with van der Waals surface area (Å²) in [6.07, 6.45) is 0.485. The van der Waals surface area contributed by atoms with Gasteiger partial charge in [0, 0.05) is 19.3 Å². The van der Waals surface area contributed by atoms with Crippen LogP contribution >= 0.6 is 0 Å². The molecule has 1 aromatic rings. The maximum atomic E-state index is 11.5. The van der Waals surface area contributed by atoms with E-state index in [0.29, 0.717) is 18.0 Å². The highest BCUT2D eigenvalue weighted by Gasteiger charge is 2.36. The van der Waals surface area contributed by atoms with Gasteiger partial charge >= 0.3 is 0 Å². The van der Waals surface area contributed by atoms with Gasteiger partial charge in [-0.15, -0.1) is 0 Å². The maximum absolute atomic E-state index is 11.5. The van der Waals surface area contributed by atoms with Crippen molar-refractivity contribution in [2.75, 3.05) is 32.5 Å². The Bertz CT molecular complexity index is 614. The number of ether oxygens (including phenoxy) is 1. The van der Waals surface area contributed by atoms with Crippen molar-refractivity contribution in [2.45, 2.75) is 43.5 Å². The summed E-state index contributed by atoms with van der Waals surface area (Å²) in [7, 11) is -3.17. The zero-order valence-corrected chi connectivity index (χ0v) is 15.4. The second kappa shape index (κ2) is 8.40. The summed E-state index contributed by atoms with van der Waals surface area (Å²) in [5, 5.41) is 13.7. The maximum Gasteiger partial charge on any atom is 0.175 e. The van der Waals surface area contributed by atoms with Crippen LogP contribution in [0.1, 0.15) is 19.4 Å². The van der Waals surface area contributed by atoms with Gasteiger partial charge in [0.2, 0.25) is 0 Å². The monoisotopic (exact) mass is 356 g/mol. The summed E-state index contributed by atoms with van der Waals surface area (Å²) in [6.45, 7) is 7.85. The lowest BCUT2D eigenvalue weighted by molar-refractivity contribution is 0.0170. The van der Waals surface area contributed by atoms with Crippen molar-refractivity contribution >= 4 is 9.84 Å². The molecule has 2 rings (SSSR count). The second-order valence-electron chi connectivity index (χ2n) is 6.25. The van der Waals surface area contributed by atoms with E-state index in [1.807, 2.05) is 0 Å². The van der Waals surface area contributed by atoms with Crippen molar-refractivity contribution in [1.82, 2.24) is 10.2 Å². The Balaban J connectivity index is 1.86. The fourth-order valence-electron chi connectivity index (χ4n) is 2.86. The number of benzene rings is 1. The van der Waals surface area contributed by atoms with E-state index in [4.69, 9.17) is 4.74 Å². The number of aliphatic hydroxyl groups is 1. The molecule has 0 amide bonds. The first-order valence-electron chi connectivity index (χ1n) is 8.39. The molecule has 1 saturated heterocycles. The van der Waals surface area contributed by atoms with Crippen molar-refractivity contribution < 1.29 is 18.3 Å². The van der Waals surface area contributed by atoms with E-state index in [2.05, 4.69) is 24.1 Å². The molecular formula is C17H28N2O4S. The van der Waals surface area contributed by atoms with Crippen molar-refractivity contribution in [1.29, 1.82) is 0 Å². The topological polar surface area (TPSA) is 78.9 Å². The van der Waals surface area contributed by atoms with Crippen LogP contribution in [0.25, 0.3) is 0 Å². The van der Waals surface area contributed by atoms with Gasteiger partial charge < -0.3 is 20.1 Å². The summed E-state index contributed by atoms with van der Waals surface area (Å²) >= 11 is 0. The molecule has 24 heavy (non-hydrogen) atoms. The van der Waals surface area contributed by atoms with E-state index in [1.54, 1.807) is 24.3 Å². The Kier molecular flexibility index (Phi) is 6.77. The van der Waals surface area contributed by atoms with Crippen LogP contribution in [0.5, 0.6) is 0 Å². The van der Waals surface area contributed by atoms with E-state index in [9.17, 15) is 13.5 Å². The summed E-state index contributed by atoms with van der Waals surface area (Å²) in [6, 6.07) is 6.69. The highest BCUT2D eigenvalue weighted by atomic mass is 32.2. The number of nitrogens with zero attached hydrogens (tertiary/aromatic N) is 1. The number of rotatable bonds is 8. The highest BCUT2D eigenvalue weighted by molar-refractivity contribution is 7.90. The Morgan fingerprint density at radius 3 is 2.42 bits per heavy atom. The minimum absolute atomic E-state index is 0.111. The second-order valence-corrected chi connectivity index (χ2v) is 8.27. The molecule has 136 valence electrons. The molecule has 3 atom stereocenters. The van der Waals surface area contributed by atoms with Crippen LogP contribution in [0.15, 0.2) is 29.2 Å². The Morgan fingerprint density at radius 2 is 1.88 bits per heavy atom. The molecule has 7 heteroatoms. The van der Waals surface area contributed by atoms with Gasteiger partial charge in [-0.3, -0.25) is 0 Å². The normalized spacial score (nSPS) is 24.6. The third-order valence-corrected chi connectivity index (χ3v) is 5.66. The summed E-state index contributed by atoms with van der Waals surface area (Å²) < 4.78 is 28.6. The fourth-order valence-corrected chi connectivity index (χ4v) is 3.49. The minimum Gasteiger partial charge on any atom is -0.389 e. The van der Waals surface area contributed by atoms with Crippen LogP contribution in [-0.4, -0.2) is 69.2 Å². The first-order chi connectivity index (χ1) is 11.3. The van der Waals surface area contributed by atoms with Gasteiger partial charge in [-0.25, -0.2) is 8.42 Å². The van der Waals surface area contributed by atoms with E-state index in [0.717, 1.165) is 25.2 Å². The Hall–Kier alpha value is -0.990. The molecule has 0 bridgehead atoms. The van der Waals surface area contributed by atoms with Gasteiger partial charge in [0.05, 0.1) is 29.8 Å². The molecular weight excluding hydrogens is 328 g/mol. The van der Waals surface area contributed by atoms with Crippen molar-refractivity contribution in [3.05, 3.63) is 29.8 Å². The van der Waals surface area contributed by atoms with E-state index in [-0.39, 0.29) is 12.1 Å². The first-order valence-corrected chi connectivity index (χ1v) is 10.3. The van der Waals surface area contributed by atoms with Crippen LogP contribution in [0.4, 0.5) is 0 Å². The quantitative estimate of drug-likeness (QED) is 0.712. The number of likely N-dealkylation sites (N-methyl/N-ethyl adjacent to an activating group) is 1. The zero-order valence-electron chi connectivity index (χ0n) is 14.6. The van der Waals surface area contributed by atoms with Gasteiger partial charge in [0.1, 0.15) is 0 Å². The van der Waals surface area contributed by atoms with Crippen LogP contribution < -0.4 is 5.32 Å². The third kappa shape index (κ3) is 5.00. The van der Waals surface area contributed by atoms with E-state index >= 15 is 0 Å². The molecule has 1 aliphatic heterocycles. The van der Waals surface area contributed by atoms with Gasteiger partial charge in [0.25, 0.3) is 0 Å². The molecule has 0 radical (unpaired) electrons. The molecule has 0 unspecified atom stereocenters. The van der Waals surface area contributed by atoms with E-state index < -0.39 is 15.9 Å². The standard InChI is InChI=1S/C17H28N2O4S/c1-4-19(5-2)11-16-17(20)15(12-23-16)18-10-13-6-8-14(9-7-13)24(3,21)22/h6-9,15-18,20H,4-5,10-12H2,1-3H3/t15-,16+,17-/m1/s1. The van der Waals surface area contributed by atoms with Crippen LogP contribution in [0, 0.1) is 0 Å². The molecule has 1 aromatic carbocycles. The molecule has 0 spiro atoms. The molecule has 0 aromatic heterocycles. The third-order valence-electron chi connectivity index (χ3n) is 4.54. The molecule has 1 fully saturated rings. The van der Waals surface area contributed by atoms with Crippen molar-refractivity contribution in [3.63, 3.8) is 0 Å². The number of sulfone groups is 1. The Labute approximate surface area is 144 Å². The van der Waals surface area contributed by atoms with Crippen LogP contribution in [0.2, 0.25) is 0 Å².